The normalized spacial score (nSPS) is 17.2. The second-order valence-corrected chi connectivity index (χ2v) is 6.59. The summed E-state index contributed by atoms with van der Waals surface area (Å²) in [5.74, 6) is -0.155. The highest BCUT2D eigenvalue weighted by Crippen LogP contribution is 2.28. The lowest BCUT2D eigenvalue weighted by molar-refractivity contribution is 0.0759. The zero-order valence-corrected chi connectivity index (χ0v) is 14.1. The number of benzene rings is 1. The number of β-amino-alcohol motifs (C(OH)–C–C–N with tert-alkyl or cyclic N) is 1. The number of aliphatic hydroxyl groups excluding tert-OH is 1. The fourth-order valence-electron chi connectivity index (χ4n) is 3.09. The van der Waals surface area contributed by atoms with Crippen LogP contribution in [0.4, 0.5) is 0 Å². The molecule has 1 aliphatic rings. The summed E-state index contributed by atoms with van der Waals surface area (Å²) >= 11 is 5.97. The maximum atomic E-state index is 12.6. The van der Waals surface area contributed by atoms with Crippen LogP contribution in [-0.4, -0.2) is 45.1 Å². The molecule has 0 spiro atoms. The van der Waals surface area contributed by atoms with Crippen molar-refractivity contribution in [2.75, 3.05) is 13.1 Å². The van der Waals surface area contributed by atoms with Crippen LogP contribution in [0.15, 0.2) is 48.8 Å². The molecule has 1 aromatic carbocycles. The van der Waals surface area contributed by atoms with E-state index in [4.69, 9.17) is 11.6 Å². The van der Waals surface area contributed by atoms with Crippen LogP contribution in [0.2, 0.25) is 5.02 Å². The van der Waals surface area contributed by atoms with Crippen molar-refractivity contribution >= 4 is 28.4 Å². The Morgan fingerprint density at radius 1 is 1.16 bits per heavy atom. The molecule has 1 amide bonds. The molecular formula is C19H16ClN3O2. The molecule has 0 bridgehead atoms. The topological polar surface area (TPSA) is 66.3 Å². The van der Waals surface area contributed by atoms with Gasteiger partial charge in [0.25, 0.3) is 5.91 Å². The van der Waals surface area contributed by atoms with Crippen LogP contribution in [0.25, 0.3) is 22.0 Å². The van der Waals surface area contributed by atoms with Crippen molar-refractivity contribution < 1.29 is 9.90 Å². The second kappa shape index (κ2) is 6.43. The summed E-state index contributed by atoms with van der Waals surface area (Å²) in [5.41, 5.74) is 2.90. The Kier molecular flexibility index (Phi) is 4.11. The number of carbonyl (C=O) groups is 1. The zero-order chi connectivity index (χ0) is 17.4. The fourth-order valence-corrected chi connectivity index (χ4v) is 3.22. The molecule has 3 aromatic rings. The summed E-state index contributed by atoms with van der Waals surface area (Å²) < 4.78 is 0. The molecule has 25 heavy (non-hydrogen) atoms. The summed E-state index contributed by atoms with van der Waals surface area (Å²) in [6.45, 7) is 0.916. The van der Waals surface area contributed by atoms with Gasteiger partial charge >= 0.3 is 0 Å². The number of amides is 1. The van der Waals surface area contributed by atoms with Crippen molar-refractivity contribution in [1.82, 2.24) is 14.9 Å². The van der Waals surface area contributed by atoms with Crippen LogP contribution in [0.1, 0.15) is 16.9 Å². The average molecular weight is 354 g/mol. The first-order valence-corrected chi connectivity index (χ1v) is 8.47. The van der Waals surface area contributed by atoms with Gasteiger partial charge in [-0.2, -0.15) is 0 Å². The van der Waals surface area contributed by atoms with Gasteiger partial charge in [-0.15, -0.1) is 0 Å². The molecule has 1 fully saturated rings. The molecule has 0 aliphatic carbocycles. The maximum Gasteiger partial charge on any atom is 0.272 e. The Morgan fingerprint density at radius 3 is 2.68 bits per heavy atom. The van der Waals surface area contributed by atoms with E-state index in [-0.39, 0.29) is 5.91 Å². The third kappa shape index (κ3) is 3.08. The highest BCUT2D eigenvalue weighted by Gasteiger charge is 2.26. The Labute approximate surface area is 149 Å². The van der Waals surface area contributed by atoms with E-state index < -0.39 is 6.10 Å². The van der Waals surface area contributed by atoms with Gasteiger partial charge in [0.05, 0.1) is 11.6 Å². The van der Waals surface area contributed by atoms with Gasteiger partial charge in [-0.1, -0.05) is 23.7 Å². The van der Waals surface area contributed by atoms with E-state index in [1.165, 1.54) is 0 Å². The number of fused-ring (bicyclic) bond motifs is 1. The van der Waals surface area contributed by atoms with Crippen molar-refractivity contribution in [2.24, 2.45) is 0 Å². The molecule has 126 valence electrons. The van der Waals surface area contributed by atoms with Gasteiger partial charge in [-0.25, -0.2) is 4.98 Å². The number of rotatable bonds is 2. The van der Waals surface area contributed by atoms with E-state index in [9.17, 15) is 9.90 Å². The molecule has 5 nitrogen and oxygen atoms in total. The molecule has 1 atom stereocenters. The predicted octanol–water partition coefficient (Wildman–Crippen LogP) is 3.16. The van der Waals surface area contributed by atoms with Crippen molar-refractivity contribution in [3.63, 3.8) is 0 Å². The molecule has 4 rings (SSSR count). The molecule has 3 heterocycles. The number of aliphatic hydroxyl groups is 1. The predicted molar refractivity (Wildman–Crippen MR) is 96.5 cm³/mol. The lowest BCUT2D eigenvalue weighted by Gasteiger charge is -2.15. The number of hydrogen-bond acceptors (Lipinski definition) is 4. The highest BCUT2D eigenvalue weighted by molar-refractivity contribution is 6.30. The van der Waals surface area contributed by atoms with Crippen molar-refractivity contribution in [1.29, 1.82) is 0 Å². The number of pyridine rings is 2. The van der Waals surface area contributed by atoms with E-state index in [1.54, 1.807) is 23.4 Å². The molecule has 1 saturated heterocycles. The number of aromatic nitrogens is 2. The zero-order valence-electron chi connectivity index (χ0n) is 13.4. The number of nitrogens with zero attached hydrogens (tertiary/aromatic N) is 3. The minimum absolute atomic E-state index is 0.155. The van der Waals surface area contributed by atoms with Crippen molar-refractivity contribution in [2.45, 2.75) is 12.5 Å². The van der Waals surface area contributed by atoms with Gasteiger partial charge in [0.2, 0.25) is 0 Å². The van der Waals surface area contributed by atoms with E-state index in [2.05, 4.69) is 9.97 Å². The quantitative estimate of drug-likeness (QED) is 0.768. The fraction of sp³-hybridized carbons (Fsp3) is 0.211. The first kappa shape index (κ1) is 16.0. The minimum Gasteiger partial charge on any atom is -0.391 e. The Morgan fingerprint density at radius 2 is 1.96 bits per heavy atom. The molecular weight excluding hydrogens is 338 g/mol. The van der Waals surface area contributed by atoms with Crippen molar-refractivity contribution in [3.8, 4) is 11.1 Å². The highest BCUT2D eigenvalue weighted by atomic mass is 35.5. The van der Waals surface area contributed by atoms with Crippen LogP contribution in [0, 0.1) is 0 Å². The second-order valence-electron chi connectivity index (χ2n) is 6.16. The third-order valence-corrected chi connectivity index (χ3v) is 4.68. The van der Waals surface area contributed by atoms with Crippen LogP contribution in [0.3, 0.4) is 0 Å². The number of hydrogen-bond donors (Lipinski definition) is 1. The summed E-state index contributed by atoms with van der Waals surface area (Å²) in [7, 11) is 0. The Bertz CT molecular complexity index is 943. The van der Waals surface area contributed by atoms with Crippen LogP contribution >= 0.6 is 11.6 Å². The summed E-state index contributed by atoms with van der Waals surface area (Å²) in [6, 6.07) is 11.0. The van der Waals surface area contributed by atoms with Crippen LogP contribution in [-0.2, 0) is 0 Å². The standard InChI is InChI=1S/C19H16ClN3O2/c20-14-4-1-12(2-5-14)16-10-21-9-13-3-6-17(22-18(13)16)19(25)23-8-7-15(24)11-23/h1-6,9-10,15,24H,7-8,11H2. The Hall–Kier alpha value is -2.50. The van der Waals surface area contributed by atoms with Gasteiger partial charge in [0.1, 0.15) is 5.69 Å². The minimum atomic E-state index is -0.446. The van der Waals surface area contributed by atoms with Crippen LogP contribution < -0.4 is 0 Å². The number of likely N-dealkylation sites (tertiary alicyclic amines) is 1. The van der Waals surface area contributed by atoms with E-state index in [1.807, 2.05) is 30.3 Å². The SMILES string of the molecule is O=C(c1ccc2cncc(-c3ccc(Cl)cc3)c2n1)N1CCC(O)C1. The first-order chi connectivity index (χ1) is 12.1. The van der Waals surface area contributed by atoms with Gasteiger partial charge in [0.15, 0.2) is 0 Å². The van der Waals surface area contributed by atoms with Gasteiger partial charge in [0, 0.05) is 41.5 Å². The van der Waals surface area contributed by atoms with E-state index in [0.29, 0.717) is 30.2 Å². The lowest BCUT2D eigenvalue weighted by Crippen LogP contribution is -2.30. The summed E-state index contributed by atoms with van der Waals surface area (Å²) in [5, 5.41) is 11.2. The van der Waals surface area contributed by atoms with Crippen molar-refractivity contribution in [3.05, 3.63) is 59.5 Å². The van der Waals surface area contributed by atoms with E-state index in [0.717, 1.165) is 22.0 Å². The third-order valence-electron chi connectivity index (χ3n) is 4.42. The number of carbonyl (C=O) groups excluding carboxylic acids is 1. The van der Waals surface area contributed by atoms with Gasteiger partial charge in [-0.05, 0) is 36.2 Å². The molecule has 1 N–H and O–H groups in total. The van der Waals surface area contributed by atoms with Crippen LogP contribution in [0.5, 0.6) is 0 Å². The summed E-state index contributed by atoms with van der Waals surface area (Å²) in [6.07, 6.45) is 3.64. The molecule has 1 unspecified atom stereocenters. The molecule has 6 heteroatoms. The smallest absolute Gasteiger partial charge is 0.272 e. The maximum absolute atomic E-state index is 12.6. The Balaban J connectivity index is 1.78. The van der Waals surface area contributed by atoms with Gasteiger partial charge < -0.3 is 10.0 Å². The average Bonchev–Trinajstić information content (AvgIpc) is 3.07. The molecule has 0 radical (unpaired) electrons. The lowest BCUT2D eigenvalue weighted by atomic mass is 10.0. The molecule has 1 aliphatic heterocycles. The monoisotopic (exact) mass is 353 g/mol. The largest absolute Gasteiger partial charge is 0.391 e. The molecule has 2 aromatic heterocycles. The van der Waals surface area contributed by atoms with E-state index >= 15 is 0 Å². The molecule has 0 saturated carbocycles. The first-order valence-electron chi connectivity index (χ1n) is 8.10. The van der Waals surface area contributed by atoms with Gasteiger partial charge in [-0.3, -0.25) is 9.78 Å². The number of halogens is 1. The summed E-state index contributed by atoms with van der Waals surface area (Å²) in [4.78, 5) is 23.2.